The summed E-state index contributed by atoms with van der Waals surface area (Å²) in [7, 11) is 0. The molecule has 0 radical (unpaired) electrons. The van der Waals surface area contributed by atoms with Gasteiger partial charge in [0.1, 0.15) is 11.6 Å². The predicted molar refractivity (Wildman–Crippen MR) is 52.5 cm³/mol. The van der Waals surface area contributed by atoms with Gasteiger partial charge in [-0.25, -0.2) is 0 Å². The van der Waals surface area contributed by atoms with E-state index in [1.165, 1.54) is 6.07 Å². The molecule has 0 saturated carbocycles. The van der Waals surface area contributed by atoms with Crippen LogP contribution >= 0.6 is 0 Å². The number of hydrogen-bond donors (Lipinski definition) is 0. The lowest BCUT2D eigenvalue weighted by molar-refractivity contribution is -0.385. The first kappa shape index (κ1) is 11.3. The van der Waals surface area contributed by atoms with Crippen molar-refractivity contribution < 1.29 is 9.72 Å². The van der Waals surface area contributed by atoms with Crippen molar-refractivity contribution in [3.63, 3.8) is 0 Å². The third-order valence-corrected chi connectivity index (χ3v) is 1.97. The maximum atomic E-state index is 10.7. The number of nitro benzene ring substituents is 1. The van der Waals surface area contributed by atoms with Gasteiger partial charge in [0.25, 0.3) is 5.69 Å². The second-order valence-corrected chi connectivity index (χ2v) is 2.89. The van der Waals surface area contributed by atoms with Crippen LogP contribution in [-0.4, -0.2) is 11.2 Å². The van der Waals surface area contributed by atoms with Crippen LogP contribution < -0.4 is 0 Å². The lowest BCUT2D eigenvalue weighted by Gasteiger charge is -2.01. The summed E-state index contributed by atoms with van der Waals surface area (Å²) in [5.41, 5.74) is -0.195. The number of carbonyl (C=O) groups is 1. The van der Waals surface area contributed by atoms with Crippen molar-refractivity contribution in [3.8, 4) is 12.1 Å². The molecule has 0 aliphatic carbocycles. The van der Waals surface area contributed by atoms with Crippen molar-refractivity contribution in [1.82, 2.24) is 0 Å². The molecule has 6 heteroatoms. The largest absolute Gasteiger partial charge is 0.298 e. The highest BCUT2D eigenvalue weighted by atomic mass is 16.6. The number of rotatable bonds is 3. The van der Waals surface area contributed by atoms with Crippen LogP contribution in [0.4, 0.5) is 5.69 Å². The van der Waals surface area contributed by atoms with Gasteiger partial charge < -0.3 is 0 Å². The van der Waals surface area contributed by atoms with Crippen molar-refractivity contribution in [2.75, 3.05) is 0 Å². The zero-order valence-corrected chi connectivity index (χ0v) is 8.01. The highest BCUT2D eigenvalue weighted by molar-refractivity contribution is 5.80. The number of nitro groups is 1. The Morgan fingerprint density at radius 3 is 2.56 bits per heavy atom. The van der Waals surface area contributed by atoms with Crippen LogP contribution in [0.25, 0.3) is 0 Å². The van der Waals surface area contributed by atoms with Crippen LogP contribution in [0.15, 0.2) is 12.1 Å². The summed E-state index contributed by atoms with van der Waals surface area (Å²) in [5.74, 6) is 0. The first-order valence-corrected chi connectivity index (χ1v) is 4.17. The lowest BCUT2D eigenvalue weighted by Crippen LogP contribution is -1.99. The third-order valence-electron chi connectivity index (χ3n) is 1.97. The molecule has 78 valence electrons. The van der Waals surface area contributed by atoms with E-state index in [4.69, 9.17) is 10.5 Å². The Bertz CT molecular complexity index is 537. The Morgan fingerprint density at radius 2 is 2.12 bits per heavy atom. The van der Waals surface area contributed by atoms with E-state index in [1.807, 2.05) is 6.07 Å². The molecular weight excluding hydrogens is 210 g/mol. The van der Waals surface area contributed by atoms with Gasteiger partial charge >= 0.3 is 0 Å². The van der Waals surface area contributed by atoms with Gasteiger partial charge in [0.2, 0.25) is 0 Å². The Labute approximate surface area is 90.5 Å². The molecule has 0 fully saturated rings. The Morgan fingerprint density at radius 1 is 1.44 bits per heavy atom. The summed E-state index contributed by atoms with van der Waals surface area (Å²) in [4.78, 5) is 20.5. The predicted octanol–water partition coefficient (Wildman–Crippen LogP) is 1.35. The molecule has 0 atom stereocenters. The van der Waals surface area contributed by atoms with Crippen molar-refractivity contribution in [2.24, 2.45) is 0 Å². The molecule has 0 aromatic heterocycles. The van der Waals surface area contributed by atoms with Crippen molar-refractivity contribution in [3.05, 3.63) is 38.9 Å². The Kier molecular flexibility index (Phi) is 3.31. The molecule has 0 saturated heterocycles. The first-order chi connectivity index (χ1) is 7.63. The van der Waals surface area contributed by atoms with Gasteiger partial charge in [0.15, 0.2) is 6.29 Å². The first-order valence-electron chi connectivity index (χ1n) is 4.17. The van der Waals surface area contributed by atoms with E-state index in [0.717, 1.165) is 6.07 Å². The maximum absolute atomic E-state index is 10.7. The minimum Gasteiger partial charge on any atom is -0.298 e. The SMILES string of the molecule is N#CCc1cc(C#N)c([N+](=O)[O-])cc1C=O. The van der Waals surface area contributed by atoms with Gasteiger partial charge in [0, 0.05) is 11.6 Å². The molecule has 0 N–H and O–H groups in total. The molecule has 16 heavy (non-hydrogen) atoms. The monoisotopic (exact) mass is 215 g/mol. The van der Waals surface area contributed by atoms with Crippen LogP contribution in [0.1, 0.15) is 21.5 Å². The summed E-state index contributed by atoms with van der Waals surface area (Å²) >= 11 is 0. The van der Waals surface area contributed by atoms with Gasteiger partial charge in [0.05, 0.1) is 17.4 Å². The third kappa shape index (κ3) is 2.02. The van der Waals surface area contributed by atoms with Crippen LogP contribution in [0.5, 0.6) is 0 Å². The van der Waals surface area contributed by atoms with Crippen molar-refractivity contribution in [2.45, 2.75) is 6.42 Å². The van der Waals surface area contributed by atoms with Gasteiger partial charge in [-0.2, -0.15) is 10.5 Å². The second kappa shape index (κ2) is 4.67. The summed E-state index contributed by atoms with van der Waals surface area (Å²) in [6.07, 6.45) is 0.363. The number of benzene rings is 1. The normalized spacial score (nSPS) is 8.88. The van der Waals surface area contributed by atoms with Crippen molar-refractivity contribution >= 4 is 12.0 Å². The van der Waals surface area contributed by atoms with E-state index in [0.29, 0.717) is 11.8 Å². The molecule has 1 rings (SSSR count). The minimum absolute atomic E-state index is 0.0623. The van der Waals surface area contributed by atoms with Crippen LogP contribution in [0, 0.1) is 32.8 Å². The van der Waals surface area contributed by atoms with E-state index in [1.54, 1.807) is 6.07 Å². The molecule has 0 heterocycles. The molecule has 6 nitrogen and oxygen atoms in total. The average Bonchev–Trinajstić information content (AvgIpc) is 2.28. The van der Waals surface area contributed by atoms with Crippen LogP contribution in [0.3, 0.4) is 0 Å². The van der Waals surface area contributed by atoms with Gasteiger partial charge in [-0.3, -0.25) is 14.9 Å². The molecule has 0 amide bonds. The highest BCUT2D eigenvalue weighted by Crippen LogP contribution is 2.22. The molecule has 0 aliphatic heterocycles. The fourth-order valence-corrected chi connectivity index (χ4v) is 1.24. The fourth-order valence-electron chi connectivity index (χ4n) is 1.24. The second-order valence-electron chi connectivity index (χ2n) is 2.89. The average molecular weight is 215 g/mol. The molecule has 0 spiro atoms. The Hall–Kier alpha value is -2.73. The standard InChI is InChI=1S/C10H5N3O3/c11-2-1-7-3-8(5-12)10(13(15)16)4-9(7)6-14/h3-4,6H,1H2. The number of aldehydes is 1. The molecule has 1 aromatic carbocycles. The summed E-state index contributed by atoms with van der Waals surface area (Å²) in [6.45, 7) is 0. The van der Waals surface area contributed by atoms with E-state index in [-0.39, 0.29) is 17.5 Å². The summed E-state index contributed by atoms with van der Waals surface area (Å²) in [5, 5.41) is 27.8. The zero-order valence-electron chi connectivity index (χ0n) is 8.01. The van der Waals surface area contributed by atoms with Gasteiger partial charge in [-0.05, 0) is 11.6 Å². The quantitative estimate of drug-likeness (QED) is 0.429. The number of carbonyl (C=O) groups excluding carboxylic acids is 1. The minimum atomic E-state index is -0.734. The molecular formula is C10H5N3O3. The topological polar surface area (TPSA) is 108 Å². The van der Waals surface area contributed by atoms with Crippen LogP contribution in [0.2, 0.25) is 0 Å². The van der Waals surface area contributed by atoms with E-state index >= 15 is 0 Å². The smallest absolute Gasteiger partial charge is 0.287 e. The fraction of sp³-hybridized carbons (Fsp3) is 0.100. The Balaban J connectivity index is 3.48. The summed E-state index contributed by atoms with van der Waals surface area (Å²) in [6, 6.07) is 5.69. The van der Waals surface area contributed by atoms with E-state index in [2.05, 4.69) is 0 Å². The van der Waals surface area contributed by atoms with Gasteiger partial charge in [-0.1, -0.05) is 0 Å². The summed E-state index contributed by atoms with van der Waals surface area (Å²) < 4.78 is 0. The highest BCUT2D eigenvalue weighted by Gasteiger charge is 2.17. The van der Waals surface area contributed by atoms with Gasteiger partial charge in [-0.15, -0.1) is 0 Å². The molecule has 0 bridgehead atoms. The lowest BCUT2D eigenvalue weighted by atomic mass is 10.0. The molecule has 0 unspecified atom stereocenters. The van der Waals surface area contributed by atoms with E-state index < -0.39 is 10.6 Å². The molecule has 1 aromatic rings. The molecule has 0 aliphatic rings. The maximum Gasteiger partial charge on any atom is 0.287 e. The number of nitriles is 2. The van der Waals surface area contributed by atoms with Crippen LogP contribution in [-0.2, 0) is 6.42 Å². The van der Waals surface area contributed by atoms with Crippen molar-refractivity contribution in [1.29, 1.82) is 10.5 Å². The number of hydrogen-bond acceptors (Lipinski definition) is 5. The van der Waals surface area contributed by atoms with E-state index in [9.17, 15) is 14.9 Å². The zero-order chi connectivity index (χ0) is 12.1. The number of nitrogens with zero attached hydrogens (tertiary/aromatic N) is 3.